The quantitative estimate of drug-likeness (QED) is 0.335. The predicted molar refractivity (Wildman–Crippen MR) is 129 cm³/mol. The number of ether oxygens (including phenoxy) is 1. The fourth-order valence-corrected chi connectivity index (χ4v) is 4.07. The standard InChI is InChI=1S/C25H23N3O3S/c1-17-7-11-19(12-8-17)26-23(29)16-32-25-27-22-6-4-3-5-21(22)24(30)28(25)15-18-9-13-20(31-2)14-10-18/h3-14H,15-16H2,1-2H3,(H,26,29). The number of carbonyl (C=O) groups is 1. The second kappa shape index (κ2) is 9.70. The van der Waals surface area contributed by atoms with Crippen LogP contribution in [-0.2, 0) is 11.3 Å². The Bertz CT molecular complexity index is 1300. The molecule has 3 aromatic carbocycles. The maximum absolute atomic E-state index is 13.2. The molecule has 0 atom stereocenters. The molecule has 32 heavy (non-hydrogen) atoms. The van der Waals surface area contributed by atoms with Crippen LogP contribution in [0.3, 0.4) is 0 Å². The molecule has 1 N–H and O–H groups in total. The minimum atomic E-state index is -0.155. The number of methoxy groups -OCH3 is 1. The van der Waals surface area contributed by atoms with Gasteiger partial charge in [0.05, 0.1) is 30.3 Å². The molecule has 4 rings (SSSR count). The van der Waals surface area contributed by atoms with Crippen LogP contribution in [0.25, 0.3) is 10.9 Å². The first-order chi connectivity index (χ1) is 15.5. The highest BCUT2D eigenvalue weighted by molar-refractivity contribution is 7.99. The van der Waals surface area contributed by atoms with Crippen molar-refractivity contribution < 1.29 is 9.53 Å². The van der Waals surface area contributed by atoms with Crippen LogP contribution in [0.1, 0.15) is 11.1 Å². The summed E-state index contributed by atoms with van der Waals surface area (Å²) < 4.78 is 6.83. The lowest BCUT2D eigenvalue weighted by molar-refractivity contribution is -0.113. The van der Waals surface area contributed by atoms with Gasteiger partial charge < -0.3 is 10.1 Å². The molecule has 0 saturated carbocycles. The Hall–Kier alpha value is -3.58. The predicted octanol–water partition coefficient (Wildman–Crippen LogP) is 4.49. The van der Waals surface area contributed by atoms with Gasteiger partial charge in [-0.3, -0.25) is 14.2 Å². The van der Waals surface area contributed by atoms with E-state index in [1.807, 2.05) is 73.7 Å². The van der Waals surface area contributed by atoms with E-state index in [9.17, 15) is 9.59 Å². The molecule has 0 saturated heterocycles. The fourth-order valence-electron chi connectivity index (χ4n) is 3.27. The molecule has 0 spiro atoms. The van der Waals surface area contributed by atoms with Crippen LogP contribution >= 0.6 is 11.8 Å². The first-order valence-corrected chi connectivity index (χ1v) is 11.1. The topological polar surface area (TPSA) is 73.2 Å². The van der Waals surface area contributed by atoms with E-state index in [-0.39, 0.29) is 17.2 Å². The van der Waals surface area contributed by atoms with Gasteiger partial charge in [-0.2, -0.15) is 0 Å². The van der Waals surface area contributed by atoms with Crippen LogP contribution in [0.5, 0.6) is 5.75 Å². The van der Waals surface area contributed by atoms with Crippen LogP contribution in [0.15, 0.2) is 82.7 Å². The molecule has 1 heterocycles. The zero-order chi connectivity index (χ0) is 22.5. The molecule has 0 aliphatic rings. The van der Waals surface area contributed by atoms with Gasteiger partial charge in [0.2, 0.25) is 5.91 Å². The Morgan fingerprint density at radius 1 is 1.03 bits per heavy atom. The minimum absolute atomic E-state index is 0.132. The average molecular weight is 446 g/mol. The summed E-state index contributed by atoms with van der Waals surface area (Å²) in [5, 5.41) is 3.94. The SMILES string of the molecule is COc1ccc(Cn2c(SCC(=O)Nc3ccc(C)cc3)nc3ccccc3c2=O)cc1. The summed E-state index contributed by atoms with van der Waals surface area (Å²) in [4.78, 5) is 30.4. The zero-order valence-electron chi connectivity index (χ0n) is 17.9. The van der Waals surface area contributed by atoms with Crippen LogP contribution in [0.2, 0.25) is 0 Å². The van der Waals surface area contributed by atoms with Crippen molar-refractivity contribution in [2.75, 3.05) is 18.2 Å². The van der Waals surface area contributed by atoms with Crippen molar-refractivity contribution in [1.82, 2.24) is 9.55 Å². The lowest BCUT2D eigenvalue weighted by Crippen LogP contribution is -2.24. The first kappa shape index (κ1) is 21.6. The summed E-state index contributed by atoms with van der Waals surface area (Å²) in [6.07, 6.45) is 0. The van der Waals surface area contributed by atoms with Crippen molar-refractivity contribution in [3.8, 4) is 5.75 Å². The van der Waals surface area contributed by atoms with Crippen LogP contribution in [-0.4, -0.2) is 28.3 Å². The Morgan fingerprint density at radius 2 is 1.75 bits per heavy atom. The summed E-state index contributed by atoms with van der Waals surface area (Å²) in [7, 11) is 1.61. The summed E-state index contributed by atoms with van der Waals surface area (Å²) in [5.41, 5.74) is 3.29. The number of rotatable bonds is 7. The van der Waals surface area contributed by atoms with Gasteiger partial charge in [0.1, 0.15) is 5.75 Å². The molecule has 7 heteroatoms. The molecule has 0 unspecified atom stereocenters. The van der Waals surface area contributed by atoms with E-state index in [4.69, 9.17) is 4.74 Å². The monoisotopic (exact) mass is 445 g/mol. The van der Waals surface area contributed by atoms with E-state index in [0.29, 0.717) is 22.6 Å². The van der Waals surface area contributed by atoms with E-state index in [1.54, 1.807) is 17.7 Å². The van der Waals surface area contributed by atoms with Gasteiger partial charge in [-0.1, -0.05) is 53.7 Å². The third-order valence-electron chi connectivity index (χ3n) is 4.99. The van der Waals surface area contributed by atoms with Crippen molar-refractivity contribution in [3.63, 3.8) is 0 Å². The van der Waals surface area contributed by atoms with Crippen molar-refractivity contribution in [3.05, 3.63) is 94.3 Å². The van der Waals surface area contributed by atoms with Crippen molar-refractivity contribution >= 4 is 34.3 Å². The second-order valence-corrected chi connectivity index (χ2v) is 8.30. The number of thioether (sulfide) groups is 1. The molecule has 0 bridgehead atoms. The number of amides is 1. The van der Waals surface area contributed by atoms with Gasteiger partial charge in [0, 0.05) is 5.69 Å². The molecular weight excluding hydrogens is 422 g/mol. The van der Waals surface area contributed by atoms with E-state index in [1.165, 1.54) is 11.8 Å². The van der Waals surface area contributed by atoms with Gasteiger partial charge >= 0.3 is 0 Å². The number of aromatic nitrogens is 2. The van der Waals surface area contributed by atoms with Crippen molar-refractivity contribution in [2.24, 2.45) is 0 Å². The van der Waals surface area contributed by atoms with Gasteiger partial charge in [0.25, 0.3) is 5.56 Å². The largest absolute Gasteiger partial charge is 0.497 e. The zero-order valence-corrected chi connectivity index (χ0v) is 18.7. The third kappa shape index (κ3) is 5.00. The molecule has 6 nitrogen and oxygen atoms in total. The Balaban J connectivity index is 1.59. The molecule has 0 radical (unpaired) electrons. The third-order valence-corrected chi connectivity index (χ3v) is 5.97. The van der Waals surface area contributed by atoms with Crippen LogP contribution < -0.4 is 15.6 Å². The highest BCUT2D eigenvalue weighted by atomic mass is 32.2. The Labute approximate surface area is 190 Å². The highest BCUT2D eigenvalue weighted by Crippen LogP contribution is 2.20. The summed E-state index contributed by atoms with van der Waals surface area (Å²) >= 11 is 1.25. The fraction of sp³-hybridized carbons (Fsp3) is 0.160. The summed E-state index contributed by atoms with van der Waals surface area (Å²) in [5.74, 6) is 0.735. The molecule has 4 aromatic rings. The van der Waals surface area contributed by atoms with E-state index < -0.39 is 0 Å². The number of para-hydroxylation sites is 1. The lowest BCUT2D eigenvalue weighted by Gasteiger charge is -2.13. The number of fused-ring (bicyclic) bond motifs is 1. The maximum atomic E-state index is 13.2. The minimum Gasteiger partial charge on any atom is -0.497 e. The molecule has 1 amide bonds. The number of benzene rings is 3. The van der Waals surface area contributed by atoms with Gasteiger partial charge in [-0.05, 0) is 48.9 Å². The van der Waals surface area contributed by atoms with Crippen molar-refractivity contribution in [2.45, 2.75) is 18.6 Å². The number of hydrogen-bond acceptors (Lipinski definition) is 5. The summed E-state index contributed by atoms with van der Waals surface area (Å²) in [6, 6.07) is 22.4. The normalized spacial score (nSPS) is 10.8. The van der Waals surface area contributed by atoms with E-state index in [0.717, 1.165) is 22.6 Å². The van der Waals surface area contributed by atoms with Crippen LogP contribution in [0.4, 0.5) is 5.69 Å². The van der Waals surface area contributed by atoms with Gasteiger partial charge in [-0.25, -0.2) is 4.98 Å². The van der Waals surface area contributed by atoms with E-state index >= 15 is 0 Å². The molecule has 0 fully saturated rings. The van der Waals surface area contributed by atoms with Crippen LogP contribution in [0, 0.1) is 6.92 Å². The maximum Gasteiger partial charge on any atom is 0.262 e. The Morgan fingerprint density at radius 3 is 2.47 bits per heavy atom. The second-order valence-electron chi connectivity index (χ2n) is 7.35. The smallest absolute Gasteiger partial charge is 0.262 e. The molecule has 1 aromatic heterocycles. The number of hydrogen-bond donors (Lipinski definition) is 1. The van der Waals surface area contributed by atoms with E-state index in [2.05, 4.69) is 10.3 Å². The summed E-state index contributed by atoms with van der Waals surface area (Å²) in [6.45, 7) is 2.34. The number of aryl methyl sites for hydroxylation is 1. The molecule has 0 aliphatic carbocycles. The number of carbonyl (C=O) groups excluding carboxylic acids is 1. The molecule has 0 aliphatic heterocycles. The molecular formula is C25H23N3O3S. The average Bonchev–Trinajstić information content (AvgIpc) is 2.82. The highest BCUT2D eigenvalue weighted by Gasteiger charge is 2.14. The molecule has 162 valence electrons. The van der Waals surface area contributed by atoms with Gasteiger partial charge in [-0.15, -0.1) is 0 Å². The number of nitrogens with one attached hydrogen (secondary N) is 1. The van der Waals surface area contributed by atoms with Gasteiger partial charge in [0.15, 0.2) is 5.16 Å². The Kier molecular flexibility index (Phi) is 6.56. The number of nitrogens with zero attached hydrogens (tertiary/aromatic N) is 2. The lowest BCUT2D eigenvalue weighted by atomic mass is 10.2. The first-order valence-electron chi connectivity index (χ1n) is 10.2. The van der Waals surface area contributed by atoms with Crippen molar-refractivity contribution in [1.29, 1.82) is 0 Å². The number of anilines is 1.